The van der Waals surface area contributed by atoms with Crippen molar-refractivity contribution < 1.29 is 9.53 Å². The lowest BCUT2D eigenvalue weighted by atomic mass is 9.97. The summed E-state index contributed by atoms with van der Waals surface area (Å²) >= 11 is 0. The number of carbonyl (C=O) groups is 1. The molecule has 0 aromatic rings. The predicted molar refractivity (Wildman–Crippen MR) is 69.4 cm³/mol. The second-order valence-electron chi connectivity index (χ2n) is 5.04. The van der Waals surface area contributed by atoms with E-state index >= 15 is 0 Å². The first kappa shape index (κ1) is 14.7. The van der Waals surface area contributed by atoms with Gasteiger partial charge in [-0.3, -0.25) is 4.79 Å². The number of amides is 1. The Kier molecular flexibility index (Phi) is 5.70. The van der Waals surface area contributed by atoms with E-state index in [2.05, 4.69) is 24.1 Å². The first-order valence-electron chi connectivity index (χ1n) is 6.30. The molecule has 100 valence electrons. The zero-order valence-electron chi connectivity index (χ0n) is 10.6. The van der Waals surface area contributed by atoms with Crippen LogP contribution < -0.4 is 5.32 Å². The summed E-state index contributed by atoms with van der Waals surface area (Å²) in [7, 11) is 0. The smallest absolute Gasteiger partial charge is 0.226 e. The Hall–Kier alpha value is -0.320. The summed E-state index contributed by atoms with van der Waals surface area (Å²) in [5.74, 6) is 0.533. The Labute approximate surface area is 109 Å². The van der Waals surface area contributed by atoms with E-state index in [9.17, 15) is 4.79 Å². The Morgan fingerprint density at radius 2 is 1.94 bits per heavy atom. The molecular weight excluding hydrogens is 240 g/mol. The Balaban J connectivity index is 0.00000144. The zero-order chi connectivity index (χ0) is 11.5. The van der Waals surface area contributed by atoms with Crippen LogP contribution in [0.25, 0.3) is 0 Å². The van der Waals surface area contributed by atoms with Crippen molar-refractivity contribution in [3.63, 3.8) is 0 Å². The van der Waals surface area contributed by atoms with Gasteiger partial charge in [0.05, 0.1) is 0 Å². The van der Waals surface area contributed by atoms with Crippen LogP contribution in [-0.4, -0.2) is 49.2 Å². The maximum Gasteiger partial charge on any atom is 0.226 e. The van der Waals surface area contributed by atoms with E-state index in [4.69, 9.17) is 4.74 Å². The second-order valence-corrected chi connectivity index (χ2v) is 5.04. The molecule has 0 radical (unpaired) electrons. The van der Waals surface area contributed by atoms with Gasteiger partial charge in [-0.15, -0.1) is 12.4 Å². The third-order valence-electron chi connectivity index (χ3n) is 3.62. The van der Waals surface area contributed by atoms with Crippen molar-refractivity contribution in [2.24, 2.45) is 5.92 Å². The summed E-state index contributed by atoms with van der Waals surface area (Å²) in [4.78, 5) is 14.4. The number of nitrogens with zero attached hydrogens (tertiary/aromatic N) is 1. The van der Waals surface area contributed by atoms with Crippen molar-refractivity contribution in [3.05, 3.63) is 0 Å². The molecule has 0 saturated carbocycles. The molecule has 2 heterocycles. The van der Waals surface area contributed by atoms with Gasteiger partial charge in [-0.2, -0.15) is 0 Å². The molecule has 2 aliphatic rings. The van der Waals surface area contributed by atoms with Crippen LogP contribution in [0.4, 0.5) is 0 Å². The number of hydrogen-bond acceptors (Lipinski definition) is 3. The average molecular weight is 263 g/mol. The second kappa shape index (κ2) is 6.57. The maximum atomic E-state index is 12.4. The molecule has 0 aromatic carbocycles. The van der Waals surface area contributed by atoms with Crippen LogP contribution in [0.15, 0.2) is 0 Å². The molecule has 2 aliphatic heterocycles. The SMILES string of the molecule is C[C@@H]1CN[C@@H](C)CN1C(=O)C1CCOCC1.Cl. The van der Waals surface area contributed by atoms with Crippen molar-refractivity contribution in [2.45, 2.75) is 38.8 Å². The fourth-order valence-corrected chi connectivity index (χ4v) is 2.51. The van der Waals surface area contributed by atoms with Crippen molar-refractivity contribution >= 4 is 18.3 Å². The molecule has 2 rings (SSSR count). The first-order valence-corrected chi connectivity index (χ1v) is 6.30. The summed E-state index contributed by atoms with van der Waals surface area (Å²) in [6.07, 6.45) is 1.79. The molecule has 17 heavy (non-hydrogen) atoms. The molecule has 2 saturated heterocycles. The highest BCUT2D eigenvalue weighted by Gasteiger charge is 2.32. The van der Waals surface area contributed by atoms with Crippen LogP contribution in [0.1, 0.15) is 26.7 Å². The van der Waals surface area contributed by atoms with Gasteiger partial charge in [0.2, 0.25) is 5.91 Å². The number of carbonyl (C=O) groups excluding carboxylic acids is 1. The molecule has 0 unspecified atom stereocenters. The highest BCUT2D eigenvalue weighted by Crippen LogP contribution is 2.20. The topological polar surface area (TPSA) is 41.6 Å². The van der Waals surface area contributed by atoms with Crippen molar-refractivity contribution in [3.8, 4) is 0 Å². The number of halogens is 1. The van der Waals surface area contributed by atoms with Gasteiger partial charge < -0.3 is 15.0 Å². The highest BCUT2D eigenvalue weighted by atomic mass is 35.5. The highest BCUT2D eigenvalue weighted by molar-refractivity contribution is 5.85. The minimum Gasteiger partial charge on any atom is -0.381 e. The number of hydrogen-bond donors (Lipinski definition) is 1. The molecular formula is C12H23ClN2O2. The van der Waals surface area contributed by atoms with Crippen molar-refractivity contribution in [1.29, 1.82) is 0 Å². The summed E-state index contributed by atoms with van der Waals surface area (Å²) in [5.41, 5.74) is 0. The van der Waals surface area contributed by atoms with Gasteiger partial charge in [0.15, 0.2) is 0 Å². The van der Waals surface area contributed by atoms with E-state index in [1.807, 2.05) is 0 Å². The molecule has 0 aliphatic carbocycles. The third-order valence-corrected chi connectivity index (χ3v) is 3.62. The van der Waals surface area contributed by atoms with Crippen LogP contribution in [-0.2, 0) is 9.53 Å². The lowest BCUT2D eigenvalue weighted by Gasteiger charge is -2.40. The minimum atomic E-state index is 0. The van der Waals surface area contributed by atoms with E-state index < -0.39 is 0 Å². The van der Waals surface area contributed by atoms with E-state index in [1.54, 1.807) is 0 Å². The predicted octanol–water partition coefficient (Wildman–Crippen LogP) is 1.04. The summed E-state index contributed by atoms with van der Waals surface area (Å²) < 4.78 is 5.30. The van der Waals surface area contributed by atoms with E-state index in [-0.39, 0.29) is 18.3 Å². The third kappa shape index (κ3) is 3.57. The zero-order valence-corrected chi connectivity index (χ0v) is 11.5. The summed E-state index contributed by atoms with van der Waals surface area (Å²) in [6.45, 7) is 7.50. The number of ether oxygens (including phenoxy) is 1. The van der Waals surface area contributed by atoms with Crippen LogP contribution in [0.2, 0.25) is 0 Å². The summed E-state index contributed by atoms with van der Waals surface area (Å²) in [6, 6.07) is 0.742. The average Bonchev–Trinajstić information content (AvgIpc) is 2.32. The quantitative estimate of drug-likeness (QED) is 0.768. The lowest BCUT2D eigenvalue weighted by molar-refractivity contribution is -0.142. The Morgan fingerprint density at radius 3 is 2.59 bits per heavy atom. The molecule has 4 nitrogen and oxygen atoms in total. The number of piperazine rings is 1. The van der Waals surface area contributed by atoms with Gasteiger partial charge in [-0.25, -0.2) is 0 Å². The van der Waals surface area contributed by atoms with E-state index in [0.29, 0.717) is 18.0 Å². The molecule has 1 N–H and O–H groups in total. The van der Waals surface area contributed by atoms with Gasteiger partial charge in [0.25, 0.3) is 0 Å². The monoisotopic (exact) mass is 262 g/mol. The van der Waals surface area contributed by atoms with Crippen LogP contribution >= 0.6 is 12.4 Å². The van der Waals surface area contributed by atoms with E-state index in [0.717, 1.165) is 39.1 Å². The Morgan fingerprint density at radius 1 is 1.29 bits per heavy atom. The largest absolute Gasteiger partial charge is 0.381 e. The number of nitrogens with one attached hydrogen (secondary N) is 1. The van der Waals surface area contributed by atoms with Gasteiger partial charge in [0, 0.05) is 44.3 Å². The normalized spacial score (nSPS) is 30.8. The van der Waals surface area contributed by atoms with Crippen LogP contribution in [0.3, 0.4) is 0 Å². The van der Waals surface area contributed by atoms with Crippen LogP contribution in [0, 0.1) is 5.92 Å². The standard InChI is InChI=1S/C12H22N2O2.ClH/c1-9-8-14(10(2)7-13-9)12(15)11-3-5-16-6-4-11;/h9-11,13H,3-8H2,1-2H3;1H/t9-,10+;/m0./s1. The summed E-state index contributed by atoms with van der Waals surface area (Å²) in [5, 5.41) is 3.40. The van der Waals surface area contributed by atoms with Crippen molar-refractivity contribution in [2.75, 3.05) is 26.3 Å². The molecule has 1 amide bonds. The fourth-order valence-electron chi connectivity index (χ4n) is 2.51. The first-order chi connectivity index (χ1) is 7.68. The fraction of sp³-hybridized carbons (Fsp3) is 0.917. The van der Waals surface area contributed by atoms with Gasteiger partial charge in [-0.05, 0) is 26.7 Å². The molecule has 2 atom stereocenters. The lowest BCUT2D eigenvalue weighted by Crippen LogP contribution is -2.57. The molecule has 0 aromatic heterocycles. The van der Waals surface area contributed by atoms with Crippen molar-refractivity contribution in [1.82, 2.24) is 10.2 Å². The van der Waals surface area contributed by atoms with Gasteiger partial charge >= 0.3 is 0 Å². The maximum absolute atomic E-state index is 12.4. The van der Waals surface area contributed by atoms with Crippen LogP contribution in [0.5, 0.6) is 0 Å². The van der Waals surface area contributed by atoms with E-state index in [1.165, 1.54) is 0 Å². The number of rotatable bonds is 1. The molecule has 5 heteroatoms. The molecule has 0 spiro atoms. The Bertz CT molecular complexity index is 257. The minimum absolute atomic E-state index is 0. The molecule has 0 bridgehead atoms. The molecule has 2 fully saturated rings. The van der Waals surface area contributed by atoms with Gasteiger partial charge in [0.1, 0.15) is 0 Å². The van der Waals surface area contributed by atoms with Gasteiger partial charge in [-0.1, -0.05) is 0 Å².